The Labute approximate surface area is 115 Å². The summed E-state index contributed by atoms with van der Waals surface area (Å²) in [6.45, 7) is 6.82. The predicted octanol–water partition coefficient (Wildman–Crippen LogP) is 2.66. The van der Waals surface area contributed by atoms with Gasteiger partial charge in [-0.2, -0.15) is 0 Å². The molecule has 3 rings (SSSR count). The minimum Gasteiger partial charge on any atom is -0.497 e. The van der Waals surface area contributed by atoms with Crippen molar-refractivity contribution in [1.29, 1.82) is 0 Å². The summed E-state index contributed by atoms with van der Waals surface area (Å²) in [4.78, 5) is 2.53. The summed E-state index contributed by atoms with van der Waals surface area (Å²) >= 11 is 0. The fourth-order valence-electron chi connectivity index (χ4n) is 3.19. The number of nitrogens with one attached hydrogen (secondary N) is 1. The van der Waals surface area contributed by atoms with E-state index in [0.717, 1.165) is 24.8 Å². The zero-order valence-corrected chi connectivity index (χ0v) is 12.1. The first-order valence-electron chi connectivity index (χ1n) is 7.28. The van der Waals surface area contributed by atoms with E-state index in [-0.39, 0.29) is 5.54 Å². The normalized spacial score (nSPS) is 31.3. The smallest absolute Gasteiger partial charge is 0.120 e. The van der Waals surface area contributed by atoms with Crippen LogP contribution in [0, 0.1) is 5.92 Å². The third-order valence-electron chi connectivity index (χ3n) is 4.70. The summed E-state index contributed by atoms with van der Waals surface area (Å²) in [5, 5.41) is 3.76. The largest absolute Gasteiger partial charge is 0.497 e. The minimum absolute atomic E-state index is 0.273. The Balaban J connectivity index is 1.84. The quantitative estimate of drug-likeness (QED) is 0.904. The first-order chi connectivity index (χ1) is 9.12. The molecule has 1 N–H and O–H groups in total. The third kappa shape index (κ3) is 2.44. The first-order valence-corrected chi connectivity index (χ1v) is 7.28. The van der Waals surface area contributed by atoms with Crippen molar-refractivity contribution in [2.75, 3.05) is 25.1 Å². The second-order valence-electron chi connectivity index (χ2n) is 6.25. The number of rotatable bonds is 3. The topological polar surface area (TPSA) is 24.5 Å². The number of hydrogen-bond acceptors (Lipinski definition) is 3. The highest BCUT2D eigenvalue weighted by Crippen LogP contribution is 2.42. The van der Waals surface area contributed by atoms with Crippen molar-refractivity contribution in [2.24, 2.45) is 5.92 Å². The van der Waals surface area contributed by atoms with Gasteiger partial charge in [0.25, 0.3) is 0 Å². The molecule has 3 nitrogen and oxygen atoms in total. The van der Waals surface area contributed by atoms with Gasteiger partial charge in [0, 0.05) is 36.4 Å². The van der Waals surface area contributed by atoms with Gasteiger partial charge in [-0.1, -0.05) is 6.07 Å². The molecule has 2 atom stereocenters. The molecule has 3 heteroatoms. The molecule has 2 fully saturated rings. The molecule has 1 aliphatic heterocycles. The molecule has 0 radical (unpaired) electrons. The molecule has 0 spiro atoms. The number of hydrogen-bond donors (Lipinski definition) is 1. The van der Waals surface area contributed by atoms with E-state index in [1.807, 2.05) is 6.07 Å². The number of nitrogens with zero attached hydrogens (tertiary/aromatic N) is 1. The van der Waals surface area contributed by atoms with E-state index >= 15 is 0 Å². The molecular weight excluding hydrogens is 236 g/mol. The van der Waals surface area contributed by atoms with Crippen LogP contribution in [0.1, 0.15) is 26.7 Å². The van der Waals surface area contributed by atoms with Crippen LogP contribution in [0.4, 0.5) is 5.69 Å². The highest BCUT2D eigenvalue weighted by atomic mass is 16.5. The lowest BCUT2D eigenvalue weighted by atomic mass is 9.91. The fourth-order valence-corrected chi connectivity index (χ4v) is 3.19. The zero-order chi connectivity index (χ0) is 13.5. The van der Waals surface area contributed by atoms with Crippen LogP contribution >= 0.6 is 0 Å². The molecule has 1 aromatic rings. The zero-order valence-electron chi connectivity index (χ0n) is 12.1. The molecule has 2 aliphatic rings. The molecule has 0 bridgehead atoms. The van der Waals surface area contributed by atoms with Crippen molar-refractivity contribution in [3.8, 4) is 5.75 Å². The van der Waals surface area contributed by atoms with Crippen LogP contribution in [0.5, 0.6) is 5.75 Å². The second kappa shape index (κ2) is 4.71. The second-order valence-corrected chi connectivity index (χ2v) is 6.25. The lowest BCUT2D eigenvalue weighted by Crippen LogP contribution is -2.63. The van der Waals surface area contributed by atoms with Crippen molar-refractivity contribution >= 4 is 5.69 Å². The summed E-state index contributed by atoms with van der Waals surface area (Å²) in [6, 6.07) is 8.96. The lowest BCUT2D eigenvalue weighted by Gasteiger charge is -2.47. The van der Waals surface area contributed by atoms with E-state index in [4.69, 9.17) is 4.74 Å². The Morgan fingerprint density at radius 1 is 1.37 bits per heavy atom. The minimum atomic E-state index is 0.273. The molecule has 2 unspecified atom stereocenters. The maximum Gasteiger partial charge on any atom is 0.120 e. The summed E-state index contributed by atoms with van der Waals surface area (Å²) in [5.41, 5.74) is 1.55. The van der Waals surface area contributed by atoms with Crippen molar-refractivity contribution in [3.63, 3.8) is 0 Å². The van der Waals surface area contributed by atoms with Gasteiger partial charge in [0.05, 0.1) is 7.11 Å². The first kappa shape index (κ1) is 12.8. The van der Waals surface area contributed by atoms with E-state index in [2.05, 4.69) is 42.3 Å². The van der Waals surface area contributed by atoms with Gasteiger partial charge < -0.3 is 15.0 Å². The van der Waals surface area contributed by atoms with Crippen molar-refractivity contribution < 1.29 is 4.74 Å². The molecule has 1 saturated carbocycles. The maximum absolute atomic E-state index is 5.35. The van der Waals surface area contributed by atoms with Crippen LogP contribution < -0.4 is 15.0 Å². The van der Waals surface area contributed by atoms with Gasteiger partial charge in [-0.3, -0.25) is 0 Å². The fraction of sp³-hybridized carbons (Fsp3) is 0.625. The molecular formula is C16H24N2O. The van der Waals surface area contributed by atoms with Gasteiger partial charge in [-0.05, 0) is 44.7 Å². The third-order valence-corrected chi connectivity index (χ3v) is 4.70. The Morgan fingerprint density at radius 3 is 2.84 bits per heavy atom. The highest BCUT2D eigenvalue weighted by molar-refractivity contribution is 5.52. The van der Waals surface area contributed by atoms with Crippen LogP contribution in [0.15, 0.2) is 24.3 Å². The van der Waals surface area contributed by atoms with E-state index < -0.39 is 0 Å². The number of benzene rings is 1. The Kier molecular flexibility index (Phi) is 3.17. The van der Waals surface area contributed by atoms with Gasteiger partial charge in [0.1, 0.15) is 5.75 Å². The van der Waals surface area contributed by atoms with E-state index in [1.165, 1.54) is 18.5 Å². The van der Waals surface area contributed by atoms with E-state index in [0.29, 0.717) is 6.04 Å². The molecule has 1 aromatic carbocycles. The number of methoxy groups -OCH3 is 1. The van der Waals surface area contributed by atoms with Crippen LogP contribution in [0.25, 0.3) is 0 Å². The molecule has 19 heavy (non-hydrogen) atoms. The summed E-state index contributed by atoms with van der Waals surface area (Å²) in [5.74, 6) is 1.80. The van der Waals surface area contributed by atoms with Gasteiger partial charge >= 0.3 is 0 Å². The average molecular weight is 260 g/mol. The Morgan fingerprint density at radius 2 is 2.16 bits per heavy atom. The van der Waals surface area contributed by atoms with Gasteiger partial charge in [0.2, 0.25) is 0 Å². The van der Waals surface area contributed by atoms with Crippen LogP contribution in [-0.4, -0.2) is 31.8 Å². The van der Waals surface area contributed by atoms with E-state index in [1.54, 1.807) is 7.11 Å². The van der Waals surface area contributed by atoms with E-state index in [9.17, 15) is 0 Å². The number of piperazine rings is 1. The van der Waals surface area contributed by atoms with Crippen LogP contribution in [-0.2, 0) is 0 Å². The van der Waals surface area contributed by atoms with Gasteiger partial charge in [0.15, 0.2) is 0 Å². The molecule has 1 heterocycles. The lowest BCUT2D eigenvalue weighted by molar-refractivity contribution is 0.260. The van der Waals surface area contributed by atoms with Crippen LogP contribution in [0.3, 0.4) is 0 Å². The molecule has 0 aromatic heterocycles. The Hall–Kier alpha value is -1.22. The predicted molar refractivity (Wildman–Crippen MR) is 78.9 cm³/mol. The number of anilines is 1. The number of ether oxygens (including phenoxy) is 1. The molecule has 1 aliphatic carbocycles. The Bertz CT molecular complexity index is 458. The van der Waals surface area contributed by atoms with Crippen molar-refractivity contribution in [1.82, 2.24) is 5.32 Å². The van der Waals surface area contributed by atoms with Crippen molar-refractivity contribution in [2.45, 2.75) is 38.3 Å². The van der Waals surface area contributed by atoms with Crippen LogP contribution in [0.2, 0.25) is 0 Å². The SMILES string of the molecule is COc1cccc(N2CC(C)(C3CC3)NCC2C)c1. The summed E-state index contributed by atoms with van der Waals surface area (Å²) in [7, 11) is 1.73. The summed E-state index contributed by atoms with van der Waals surface area (Å²) in [6.07, 6.45) is 2.76. The average Bonchev–Trinajstić information content (AvgIpc) is 3.27. The molecule has 0 amide bonds. The molecule has 104 valence electrons. The highest BCUT2D eigenvalue weighted by Gasteiger charge is 2.45. The van der Waals surface area contributed by atoms with Crippen molar-refractivity contribution in [3.05, 3.63) is 24.3 Å². The van der Waals surface area contributed by atoms with Gasteiger partial charge in [-0.25, -0.2) is 0 Å². The summed E-state index contributed by atoms with van der Waals surface area (Å²) < 4.78 is 5.35. The molecule has 1 saturated heterocycles. The maximum atomic E-state index is 5.35. The monoisotopic (exact) mass is 260 g/mol. The standard InChI is InChI=1S/C16H24N2O/c1-12-10-17-16(2,13-7-8-13)11-18(12)14-5-4-6-15(9-14)19-3/h4-6,9,12-13,17H,7-8,10-11H2,1-3H3. The van der Waals surface area contributed by atoms with Gasteiger partial charge in [-0.15, -0.1) is 0 Å².